The predicted molar refractivity (Wildman–Crippen MR) is 59.4 cm³/mol. The van der Waals surface area contributed by atoms with Crippen LogP contribution in [0, 0.1) is 5.92 Å². The van der Waals surface area contributed by atoms with E-state index in [2.05, 4.69) is 0 Å². The average molecular weight is 250 g/mol. The van der Waals surface area contributed by atoms with Gasteiger partial charge in [-0.1, -0.05) is 6.92 Å². The molecule has 7 heteroatoms. The maximum atomic E-state index is 11.8. The molecule has 94 valence electrons. The lowest BCUT2D eigenvalue weighted by molar-refractivity contribution is -0.136. The second-order valence-corrected chi connectivity index (χ2v) is 6.47. The zero-order valence-corrected chi connectivity index (χ0v) is 10.1. The van der Waals surface area contributed by atoms with Crippen LogP contribution < -0.4 is 5.73 Å². The van der Waals surface area contributed by atoms with Crippen LogP contribution in [-0.4, -0.2) is 48.7 Å². The number of nitrogens with two attached hydrogens (primary N) is 1. The van der Waals surface area contributed by atoms with Crippen molar-refractivity contribution >= 4 is 16.0 Å². The lowest BCUT2D eigenvalue weighted by Gasteiger charge is -2.33. The van der Waals surface area contributed by atoms with Gasteiger partial charge in [-0.05, 0) is 12.3 Å². The van der Waals surface area contributed by atoms with Crippen molar-refractivity contribution in [2.24, 2.45) is 11.7 Å². The van der Waals surface area contributed by atoms with Gasteiger partial charge in [0, 0.05) is 19.1 Å². The molecule has 3 N–H and O–H groups in total. The van der Waals surface area contributed by atoms with Crippen LogP contribution >= 0.6 is 0 Å². The summed E-state index contributed by atoms with van der Waals surface area (Å²) in [4.78, 5) is 10.3. The van der Waals surface area contributed by atoms with Crippen molar-refractivity contribution in [2.75, 3.05) is 18.8 Å². The Kier molecular flexibility index (Phi) is 4.28. The van der Waals surface area contributed by atoms with Gasteiger partial charge in [0.05, 0.1) is 12.2 Å². The molecule has 6 nitrogen and oxygen atoms in total. The highest BCUT2D eigenvalue weighted by molar-refractivity contribution is 7.89. The number of rotatable bonds is 4. The first-order chi connectivity index (χ1) is 7.31. The van der Waals surface area contributed by atoms with Gasteiger partial charge >= 0.3 is 5.97 Å². The zero-order chi connectivity index (χ0) is 12.3. The number of hydrogen-bond donors (Lipinski definition) is 2. The third-order valence-electron chi connectivity index (χ3n) is 2.63. The standard InChI is InChI=1S/C9H18N2O4S/c1-7-4-8(10)6-11(5-7)16(14,15)3-2-9(12)13/h7-8H,2-6,10H2,1H3,(H,12,13). The summed E-state index contributed by atoms with van der Waals surface area (Å²) in [5, 5.41) is 8.47. The highest BCUT2D eigenvalue weighted by atomic mass is 32.2. The first kappa shape index (κ1) is 13.4. The Hall–Kier alpha value is -0.660. The second-order valence-electron chi connectivity index (χ2n) is 4.38. The molecule has 1 fully saturated rings. The van der Waals surface area contributed by atoms with Gasteiger partial charge in [-0.2, -0.15) is 0 Å². The van der Waals surface area contributed by atoms with E-state index in [1.165, 1.54) is 4.31 Å². The van der Waals surface area contributed by atoms with Crippen molar-refractivity contribution in [1.29, 1.82) is 0 Å². The minimum Gasteiger partial charge on any atom is -0.481 e. The summed E-state index contributed by atoms with van der Waals surface area (Å²) in [6.45, 7) is 2.68. The lowest BCUT2D eigenvalue weighted by Crippen LogP contribution is -2.49. The minimum absolute atomic E-state index is 0.150. The Balaban J connectivity index is 2.64. The van der Waals surface area contributed by atoms with E-state index in [-0.39, 0.29) is 24.1 Å². The largest absolute Gasteiger partial charge is 0.481 e. The molecule has 1 heterocycles. The number of piperidine rings is 1. The summed E-state index contributed by atoms with van der Waals surface area (Å²) in [5.74, 6) is -1.22. The molecule has 0 aromatic rings. The number of aliphatic carboxylic acids is 1. The Labute approximate surface area is 95.5 Å². The van der Waals surface area contributed by atoms with Crippen molar-refractivity contribution in [3.63, 3.8) is 0 Å². The molecule has 0 aromatic heterocycles. The van der Waals surface area contributed by atoms with Gasteiger partial charge in [0.2, 0.25) is 10.0 Å². The molecule has 0 radical (unpaired) electrons. The molecule has 2 unspecified atom stereocenters. The second kappa shape index (κ2) is 5.11. The molecule has 1 rings (SSSR count). The van der Waals surface area contributed by atoms with E-state index >= 15 is 0 Å². The molecule has 0 amide bonds. The Bertz CT molecular complexity index is 345. The zero-order valence-electron chi connectivity index (χ0n) is 9.30. The van der Waals surface area contributed by atoms with Gasteiger partial charge in [0.15, 0.2) is 0 Å². The topological polar surface area (TPSA) is 101 Å². The highest BCUT2D eigenvalue weighted by Gasteiger charge is 2.30. The van der Waals surface area contributed by atoms with Crippen molar-refractivity contribution in [2.45, 2.75) is 25.8 Å². The first-order valence-electron chi connectivity index (χ1n) is 5.26. The molecule has 0 spiro atoms. The highest BCUT2D eigenvalue weighted by Crippen LogP contribution is 2.18. The minimum atomic E-state index is -3.47. The Morgan fingerprint density at radius 1 is 1.50 bits per heavy atom. The summed E-state index contributed by atoms with van der Waals surface area (Å²) in [6.07, 6.45) is 0.452. The van der Waals surface area contributed by atoms with Crippen LogP contribution in [0.25, 0.3) is 0 Å². The maximum absolute atomic E-state index is 11.8. The molecule has 1 aliphatic rings. The summed E-state index contributed by atoms with van der Waals surface area (Å²) < 4.78 is 24.9. The van der Waals surface area contributed by atoms with Gasteiger partial charge in [0.1, 0.15) is 0 Å². The summed E-state index contributed by atoms with van der Waals surface area (Å²) in [7, 11) is -3.47. The van der Waals surface area contributed by atoms with Gasteiger partial charge < -0.3 is 10.8 Å². The van der Waals surface area contributed by atoms with E-state index in [1.807, 2.05) is 6.92 Å². The lowest BCUT2D eigenvalue weighted by atomic mass is 9.99. The van der Waals surface area contributed by atoms with Crippen molar-refractivity contribution in [3.8, 4) is 0 Å². The molecule has 16 heavy (non-hydrogen) atoms. The SMILES string of the molecule is CC1CC(N)CN(S(=O)(=O)CCC(=O)O)C1. The van der Waals surface area contributed by atoms with Crippen LogP contribution in [0.5, 0.6) is 0 Å². The molecule has 0 aliphatic carbocycles. The molecule has 0 aromatic carbocycles. The quantitative estimate of drug-likeness (QED) is 0.698. The normalized spacial score (nSPS) is 27.9. The smallest absolute Gasteiger partial charge is 0.304 e. The summed E-state index contributed by atoms with van der Waals surface area (Å²) in [6, 6.07) is -0.150. The van der Waals surface area contributed by atoms with Gasteiger partial charge in [0.25, 0.3) is 0 Å². The van der Waals surface area contributed by atoms with Gasteiger partial charge in [-0.3, -0.25) is 4.79 Å². The first-order valence-corrected chi connectivity index (χ1v) is 6.87. The summed E-state index contributed by atoms with van der Waals surface area (Å²) in [5.41, 5.74) is 5.75. The Morgan fingerprint density at radius 3 is 2.62 bits per heavy atom. The maximum Gasteiger partial charge on any atom is 0.304 e. The van der Waals surface area contributed by atoms with Crippen molar-refractivity contribution in [1.82, 2.24) is 4.31 Å². The number of carboxylic acids is 1. The number of nitrogens with zero attached hydrogens (tertiary/aromatic N) is 1. The predicted octanol–water partition coefficient (Wildman–Crippen LogP) is -0.540. The van der Waals surface area contributed by atoms with E-state index in [4.69, 9.17) is 10.8 Å². The van der Waals surface area contributed by atoms with Crippen LogP contribution in [0.3, 0.4) is 0 Å². The molecule has 1 saturated heterocycles. The third-order valence-corrected chi connectivity index (χ3v) is 4.43. The molecular weight excluding hydrogens is 232 g/mol. The molecule has 2 atom stereocenters. The van der Waals surface area contributed by atoms with Crippen LogP contribution in [0.1, 0.15) is 19.8 Å². The fourth-order valence-corrected chi connectivity index (χ4v) is 3.51. The van der Waals surface area contributed by atoms with E-state index in [9.17, 15) is 13.2 Å². The van der Waals surface area contributed by atoms with Crippen LogP contribution in [-0.2, 0) is 14.8 Å². The van der Waals surface area contributed by atoms with Crippen LogP contribution in [0.15, 0.2) is 0 Å². The van der Waals surface area contributed by atoms with Gasteiger partial charge in [-0.15, -0.1) is 0 Å². The fourth-order valence-electron chi connectivity index (χ4n) is 1.92. The number of carbonyl (C=O) groups is 1. The Morgan fingerprint density at radius 2 is 2.12 bits per heavy atom. The van der Waals surface area contributed by atoms with Gasteiger partial charge in [-0.25, -0.2) is 12.7 Å². The number of sulfonamides is 1. The monoisotopic (exact) mass is 250 g/mol. The van der Waals surface area contributed by atoms with Crippen LogP contribution in [0.2, 0.25) is 0 Å². The number of carboxylic acid groups (broad SMARTS) is 1. The summed E-state index contributed by atoms with van der Waals surface area (Å²) >= 11 is 0. The third kappa shape index (κ3) is 3.73. The molecule has 0 bridgehead atoms. The van der Waals surface area contributed by atoms with E-state index in [0.29, 0.717) is 13.1 Å². The molecule has 0 saturated carbocycles. The number of hydrogen-bond acceptors (Lipinski definition) is 4. The van der Waals surface area contributed by atoms with Crippen LogP contribution in [0.4, 0.5) is 0 Å². The van der Waals surface area contributed by atoms with E-state index in [1.54, 1.807) is 0 Å². The van der Waals surface area contributed by atoms with E-state index < -0.39 is 16.0 Å². The average Bonchev–Trinajstić information content (AvgIpc) is 2.13. The van der Waals surface area contributed by atoms with Crippen molar-refractivity contribution < 1.29 is 18.3 Å². The molecular formula is C9H18N2O4S. The molecule has 1 aliphatic heterocycles. The van der Waals surface area contributed by atoms with Crippen molar-refractivity contribution in [3.05, 3.63) is 0 Å². The van der Waals surface area contributed by atoms with E-state index in [0.717, 1.165) is 6.42 Å². The fraction of sp³-hybridized carbons (Fsp3) is 0.889.